The van der Waals surface area contributed by atoms with Crippen molar-refractivity contribution in [1.29, 1.82) is 0 Å². The topological polar surface area (TPSA) is 84.3 Å². The summed E-state index contributed by atoms with van der Waals surface area (Å²) in [5.41, 5.74) is 1.10. The molecule has 0 spiro atoms. The van der Waals surface area contributed by atoms with Crippen LogP contribution in [0.15, 0.2) is 63.2 Å². The smallest absolute Gasteiger partial charge is 0.286 e. The van der Waals surface area contributed by atoms with Crippen molar-refractivity contribution in [3.63, 3.8) is 0 Å². The van der Waals surface area contributed by atoms with Gasteiger partial charge < -0.3 is 10.2 Å². The predicted molar refractivity (Wildman–Crippen MR) is 127 cm³/mol. The van der Waals surface area contributed by atoms with Gasteiger partial charge in [-0.1, -0.05) is 18.2 Å². The van der Waals surface area contributed by atoms with Gasteiger partial charge in [-0.05, 0) is 35.3 Å². The van der Waals surface area contributed by atoms with Gasteiger partial charge in [-0.3, -0.25) is 19.0 Å². The molecule has 3 heterocycles. The molecule has 1 aromatic carbocycles. The van der Waals surface area contributed by atoms with Gasteiger partial charge in [-0.2, -0.15) is 0 Å². The van der Waals surface area contributed by atoms with Crippen molar-refractivity contribution in [1.82, 2.24) is 14.5 Å². The minimum absolute atomic E-state index is 0.147. The number of fused-ring (bicyclic) bond motifs is 1. The number of anilines is 1. The first-order chi connectivity index (χ1) is 14.9. The van der Waals surface area contributed by atoms with Gasteiger partial charge in [0, 0.05) is 34.8 Å². The van der Waals surface area contributed by atoms with E-state index in [0.29, 0.717) is 20.8 Å². The molecule has 0 saturated carbocycles. The van der Waals surface area contributed by atoms with Crippen LogP contribution in [0.3, 0.4) is 0 Å². The lowest BCUT2D eigenvalue weighted by Gasteiger charge is -2.13. The van der Waals surface area contributed by atoms with Gasteiger partial charge in [0.25, 0.3) is 10.8 Å². The number of nitrogens with one attached hydrogen (secondary N) is 1. The van der Waals surface area contributed by atoms with E-state index in [4.69, 9.17) is 0 Å². The SMILES string of the molecule is CN(C)C(=O)Sc1ccccc1NC(=O)Cn1cnc2scc(-c3cccs3)c2c1=O. The van der Waals surface area contributed by atoms with E-state index in [1.807, 2.05) is 22.9 Å². The maximum Gasteiger partial charge on any atom is 0.286 e. The number of hydrogen-bond acceptors (Lipinski definition) is 7. The molecule has 0 atom stereocenters. The van der Waals surface area contributed by atoms with E-state index in [2.05, 4.69) is 10.3 Å². The highest BCUT2D eigenvalue weighted by Crippen LogP contribution is 2.33. The highest BCUT2D eigenvalue weighted by Gasteiger charge is 2.16. The molecule has 4 rings (SSSR count). The monoisotopic (exact) mass is 470 g/mol. The second-order valence-electron chi connectivity index (χ2n) is 6.79. The number of aromatic nitrogens is 2. The van der Waals surface area contributed by atoms with Crippen LogP contribution < -0.4 is 10.9 Å². The molecule has 3 aromatic heterocycles. The Morgan fingerprint density at radius 2 is 1.97 bits per heavy atom. The van der Waals surface area contributed by atoms with Crippen LogP contribution in [-0.2, 0) is 11.3 Å². The number of nitrogens with zero attached hydrogens (tertiary/aromatic N) is 3. The second-order valence-corrected chi connectivity index (χ2v) is 9.59. The zero-order valence-electron chi connectivity index (χ0n) is 16.7. The Hall–Kier alpha value is -2.95. The predicted octanol–water partition coefficient (Wildman–Crippen LogP) is 4.60. The van der Waals surface area contributed by atoms with Crippen LogP contribution in [-0.4, -0.2) is 39.7 Å². The number of amides is 2. The Balaban J connectivity index is 1.58. The summed E-state index contributed by atoms with van der Waals surface area (Å²) in [6.45, 7) is -0.178. The molecule has 0 aliphatic heterocycles. The Morgan fingerprint density at radius 3 is 2.71 bits per heavy atom. The summed E-state index contributed by atoms with van der Waals surface area (Å²) in [5, 5.41) is 7.05. The molecule has 4 aromatic rings. The summed E-state index contributed by atoms with van der Waals surface area (Å²) in [6, 6.07) is 11.0. The Morgan fingerprint density at radius 1 is 1.16 bits per heavy atom. The fourth-order valence-electron chi connectivity index (χ4n) is 2.88. The fraction of sp³-hybridized carbons (Fsp3) is 0.143. The maximum absolute atomic E-state index is 13.1. The third-order valence-corrected chi connectivity index (χ3v) is 7.29. The van der Waals surface area contributed by atoms with Crippen LogP contribution >= 0.6 is 34.4 Å². The number of carbonyl (C=O) groups is 2. The van der Waals surface area contributed by atoms with Crippen molar-refractivity contribution >= 4 is 61.5 Å². The van der Waals surface area contributed by atoms with Crippen LogP contribution in [0.1, 0.15) is 0 Å². The van der Waals surface area contributed by atoms with Crippen molar-refractivity contribution in [2.24, 2.45) is 0 Å². The number of benzene rings is 1. The molecular formula is C21H18N4O3S3. The lowest BCUT2D eigenvalue weighted by molar-refractivity contribution is -0.116. The van der Waals surface area contributed by atoms with Crippen LogP contribution in [0.4, 0.5) is 10.5 Å². The van der Waals surface area contributed by atoms with Gasteiger partial charge in [-0.15, -0.1) is 22.7 Å². The number of carbonyl (C=O) groups excluding carboxylic acids is 2. The molecule has 158 valence electrons. The lowest BCUT2D eigenvalue weighted by atomic mass is 10.2. The molecule has 7 nitrogen and oxygen atoms in total. The van der Waals surface area contributed by atoms with Crippen molar-refractivity contribution in [2.45, 2.75) is 11.4 Å². The van der Waals surface area contributed by atoms with Gasteiger partial charge in [-0.25, -0.2) is 4.98 Å². The van der Waals surface area contributed by atoms with Crippen LogP contribution in [0.2, 0.25) is 0 Å². The molecule has 0 bridgehead atoms. The quantitative estimate of drug-likeness (QED) is 0.431. The molecule has 0 aliphatic carbocycles. The Labute approximate surface area is 190 Å². The fourth-order valence-corrected chi connectivity index (χ4v) is 5.35. The number of thiophene rings is 2. The number of thioether (sulfide) groups is 1. The number of rotatable bonds is 5. The first-order valence-corrected chi connectivity index (χ1v) is 11.8. The molecular weight excluding hydrogens is 452 g/mol. The van der Waals surface area contributed by atoms with Crippen molar-refractivity contribution in [2.75, 3.05) is 19.4 Å². The minimum Gasteiger partial charge on any atom is -0.339 e. The maximum atomic E-state index is 13.1. The van der Waals surface area contributed by atoms with E-state index in [-0.39, 0.29) is 23.3 Å². The first-order valence-electron chi connectivity index (χ1n) is 9.22. The summed E-state index contributed by atoms with van der Waals surface area (Å²) < 4.78 is 1.31. The zero-order chi connectivity index (χ0) is 22.0. The molecule has 0 fully saturated rings. The largest absolute Gasteiger partial charge is 0.339 e. The second kappa shape index (κ2) is 9.04. The van der Waals surface area contributed by atoms with E-state index in [1.165, 1.54) is 27.1 Å². The standard InChI is InChI=1S/C21H18N4O3S3/c1-24(2)21(28)31-16-7-4-3-6-14(16)23-17(26)10-25-12-22-19-18(20(25)27)13(11-30-19)15-8-5-9-29-15/h3-9,11-12H,10H2,1-2H3,(H,23,26). The average Bonchev–Trinajstić information content (AvgIpc) is 3.41. The van der Waals surface area contributed by atoms with E-state index < -0.39 is 0 Å². The normalized spacial score (nSPS) is 10.9. The van der Waals surface area contributed by atoms with Crippen molar-refractivity contribution in [3.05, 3.63) is 63.8 Å². The van der Waals surface area contributed by atoms with Crippen molar-refractivity contribution in [3.8, 4) is 10.4 Å². The third-order valence-electron chi connectivity index (χ3n) is 4.38. The van der Waals surface area contributed by atoms with E-state index in [1.54, 1.807) is 49.7 Å². The van der Waals surface area contributed by atoms with Crippen LogP contribution in [0.25, 0.3) is 20.7 Å². The van der Waals surface area contributed by atoms with E-state index >= 15 is 0 Å². The van der Waals surface area contributed by atoms with Gasteiger partial charge in [0.15, 0.2) is 0 Å². The van der Waals surface area contributed by atoms with Gasteiger partial charge in [0.1, 0.15) is 11.4 Å². The summed E-state index contributed by atoms with van der Waals surface area (Å²) >= 11 is 3.99. The van der Waals surface area contributed by atoms with Gasteiger partial charge >= 0.3 is 0 Å². The summed E-state index contributed by atoms with van der Waals surface area (Å²) in [4.78, 5) is 45.9. The van der Waals surface area contributed by atoms with Gasteiger partial charge in [0.2, 0.25) is 5.91 Å². The molecule has 0 saturated heterocycles. The highest BCUT2D eigenvalue weighted by molar-refractivity contribution is 8.13. The summed E-state index contributed by atoms with van der Waals surface area (Å²) in [5.74, 6) is -0.374. The van der Waals surface area contributed by atoms with E-state index in [9.17, 15) is 14.4 Å². The van der Waals surface area contributed by atoms with Crippen LogP contribution in [0, 0.1) is 0 Å². The average molecular weight is 471 g/mol. The minimum atomic E-state index is -0.374. The lowest BCUT2D eigenvalue weighted by Crippen LogP contribution is -2.28. The molecule has 1 N–H and O–H groups in total. The molecule has 0 radical (unpaired) electrons. The summed E-state index contributed by atoms with van der Waals surface area (Å²) in [7, 11) is 3.34. The Kier molecular flexibility index (Phi) is 6.21. The summed E-state index contributed by atoms with van der Waals surface area (Å²) in [6.07, 6.45) is 1.40. The highest BCUT2D eigenvalue weighted by atomic mass is 32.2. The van der Waals surface area contributed by atoms with Gasteiger partial charge in [0.05, 0.1) is 17.4 Å². The van der Waals surface area contributed by atoms with Crippen molar-refractivity contribution < 1.29 is 9.59 Å². The number of para-hydroxylation sites is 1. The Bertz CT molecular complexity index is 1310. The van der Waals surface area contributed by atoms with Crippen LogP contribution in [0.5, 0.6) is 0 Å². The first kappa shape index (κ1) is 21.3. The molecule has 31 heavy (non-hydrogen) atoms. The molecule has 0 unspecified atom stereocenters. The third kappa shape index (κ3) is 4.55. The number of hydrogen-bond donors (Lipinski definition) is 1. The van der Waals surface area contributed by atoms with E-state index in [0.717, 1.165) is 22.2 Å². The molecule has 0 aliphatic rings. The molecule has 2 amide bonds. The zero-order valence-corrected chi connectivity index (χ0v) is 19.1. The molecule has 10 heteroatoms.